The van der Waals surface area contributed by atoms with Gasteiger partial charge in [-0.1, -0.05) is 43.0 Å². The second-order valence-corrected chi connectivity index (χ2v) is 6.14. The van der Waals surface area contributed by atoms with Crippen LogP contribution in [0, 0.1) is 0 Å². The molecule has 0 saturated heterocycles. The van der Waals surface area contributed by atoms with Gasteiger partial charge in [-0.05, 0) is 57.2 Å². The van der Waals surface area contributed by atoms with Crippen molar-refractivity contribution in [1.29, 1.82) is 0 Å². The molecule has 0 amide bonds. The van der Waals surface area contributed by atoms with Crippen LogP contribution in [-0.2, 0) is 10.9 Å². The van der Waals surface area contributed by atoms with E-state index in [1.165, 1.54) is 14.7 Å². The van der Waals surface area contributed by atoms with Crippen LogP contribution in [0.4, 0.5) is 0 Å². The number of hydrogen-bond donors (Lipinski definition) is 0. The van der Waals surface area contributed by atoms with Gasteiger partial charge < -0.3 is 0 Å². The van der Waals surface area contributed by atoms with E-state index >= 15 is 0 Å². The highest BCUT2D eigenvalue weighted by molar-refractivity contribution is 8.04. The highest BCUT2D eigenvalue weighted by Gasteiger charge is 2.29. The highest BCUT2D eigenvalue weighted by Crippen LogP contribution is 2.31. The van der Waals surface area contributed by atoms with Gasteiger partial charge in [0.05, 0.1) is 10.9 Å². The molecule has 20 heavy (non-hydrogen) atoms. The quantitative estimate of drug-likeness (QED) is 0.458. The number of allylic oxidation sites excluding steroid dienone is 7. The molecule has 1 heteroatoms. The summed E-state index contributed by atoms with van der Waals surface area (Å²) in [6.07, 6.45) is 14.7. The third kappa shape index (κ3) is 4.43. The first-order chi connectivity index (χ1) is 9.78. The van der Waals surface area contributed by atoms with Gasteiger partial charge in [-0.2, -0.15) is 0 Å². The predicted octanol–water partition coefficient (Wildman–Crippen LogP) is 5.79. The van der Waals surface area contributed by atoms with Crippen molar-refractivity contribution in [2.45, 2.75) is 25.7 Å². The molecule has 1 atom stereocenters. The Kier molecular flexibility index (Phi) is 7.52. The van der Waals surface area contributed by atoms with Gasteiger partial charge >= 0.3 is 0 Å². The summed E-state index contributed by atoms with van der Waals surface area (Å²) in [4.78, 5) is 3.93. The summed E-state index contributed by atoms with van der Waals surface area (Å²) in [5, 5.41) is 0. The maximum Gasteiger partial charge on any atom is 0.166 e. The molecule has 0 aliphatic rings. The van der Waals surface area contributed by atoms with Gasteiger partial charge in [0.1, 0.15) is 0 Å². The molecule has 104 valence electrons. The molecular formula is C19H23S+. The predicted molar refractivity (Wildman–Crippen MR) is 93.7 cm³/mol. The summed E-state index contributed by atoms with van der Waals surface area (Å²) in [6.45, 7) is 10.1. The molecule has 0 aliphatic heterocycles. The first-order valence-electron chi connectivity index (χ1n) is 6.82. The Morgan fingerprint density at radius 3 is 2.05 bits per heavy atom. The lowest BCUT2D eigenvalue weighted by atomic mass is 10.4. The summed E-state index contributed by atoms with van der Waals surface area (Å²) in [6, 6.07) is 10.6. The van der Waals surface area contributed by atoms with E-state index in [-0.39, 0.29) is 10.9 Å². The molecule has 1 unspecified atom stereocenters. The van der Waals surface area contributed by atoms with E-state index < -0.39 is 0 Å². The SMILES string of the molecule is C=C/C=C(\C=C/C)[S+](C(/C=C\C)=C/C)c1ccccc1. The fourth-order valence-electron chi connectivity index (χ4n) is 1.88. The van der Waals surface area contributed by atoms with Gasteiger partial charge in [-0.25, -0.2) is 0 Å². The largest absolute Gasteiger partial charge is 0.166 e. The van der Waals surface area contributed by atoms with Crippen LogP contribution in [0.2, 0.25) is 0 Å². The van der Waals surface area contributed by atoms with E-state index in [0.717, 1.165) is 0 Å². The minimum absolute atomic E-state index is 0.0857. The van der Waals surface area contributed by atoms with Crippen LogP contribution in [-0.4, -0.2) is 0 Å². The van der Waals surface area contributed by atoms with E-state index in [2.05, 4.69) is 94.1 Å². The Balaban J connectivity index is 3.41. The van der Waals surface area contributed by atoms with Crippen LogP contribution in [0.1, 0.15) is 20.8 Å². The molecule has 1 aromatic rings. The van der Waals surface area contributed by atoms with Crippen molar-refractivity contribution >= 4 is 10.9 Å². The summed E-state index contributed by atoms with van der Waals surface area (Å²) in [5.74, 6) is 0. The standard InChI is InChI=1S/C19H23S/c1-5-12-17(8-4)20(18(13-6-2)14-7-3)19-15-10-9-11-16-19/h5-16H,2H2,1,3-4H3/q+1/b12-5-,14-7-,17-8+,18-13+. The smallest absolute Gasteiger partial charge is 0.0989 e. The number of hydrogen-bond acceptors (Lipinski definition) is 0. The molecule has 0 heterocycles. The van der Waals surface area contributed by atoms with E-state index in [9.17, 15) is 0 Å². The van der Waals surface area contributed by atoms with Crippen LogP contribution in [0.25, 0.3) is 0 Å². The molecule has 1 aromatic carbocycles. The maximum absolute atomic E-state index is 3.85. The third-order valence-electron chi connectivity index (χ3n) is 2.68. The van der Waals surface area contributed by atoms with E-state index in [0.29, 0.717) is 0 Å². The highest BCUT2D eigenvalue weighted by atomic mass is 32.2. The lowest BCUT2D eigenvalue weighted by molar-refractivity contribution is 1.44. The van der Waals surface area contributed by atoms with Gasteiger partial charge in [0.15, 0.2) is 14.7 Å². The molecule has 0 aromatic heterocycles. The van der Waals surface area contributed by atoms with E-state index in [4.69, 9.17) is 0 Å². The molecule has 0 nitrogen and oxygen atoms in total. The lowest BCUT2D eigenvalue weighted by Gasteiger charge is -2.08. The average molecular weight is 283 g/mol. The molecule has 0 saturated carbocycles. The van der Waals surface area contributed by atoms with Gasteiger partial charge in [-0.3, -0.25) is 0 Å². The van der Waals surface area contributed by atoms with Crippen molar-refractivity contribution in [3.8, 4) is 0 Å². The molecule has 0 radical (unpaired) electrons. The summed E-state index contributed by atoms with van der Waals surface area (Å²) >= 11 is 0. The van der Waals surface area contributed by atoms with Crippen LogP contribution < -0.4 is 0 Å². The zero-order chi connectivity index (χ0) is 14.8. The molecular weight excluding hydrogens is 260 g/mol. The molecule has 1 rings (SSSR count). The van der Waals surface area contributed by atoms with Crippen LogP contribution in [0.3, 0.4) is 0 Å². The summed E-state index contributed by atoms with van der Waals surface area (Å²) < 4.78 is 0. The Labute approximate surface area is 126 Å². The lowest BCUT2D eigenvalue weighted by Crippen LogP contribution is -2.07. The van der Waals surface area contributed by atoms with Crippen LogP contribution in [0.5, 0.6) is 0 Å². The minimum Gasteiger partial charge on any atom is -0.0989 e. The van der Waals surface area contributed by atoms with E-state index in [1.54, 1.807) is 0 Å². The number of rotatable bonds is 6. The molecule has 0 N–H and O–H groups in total. The van der Waals surface area contributed by atoms with E-state index in [1.807, 2.05) is 6.08 Å². The Morgan fingerprint density at radius 2 is 1.55 bits per heavy atom. The van der Waals surface area contributed by atoms with Crippen molar-refractivity contribution in [2.75, 3.05) is 0 Å². The molecule has 0 aliphatic carbocycles. The average Bonchev–Trinajstić information content (AvgIpc) is 2.48. The summed E-state index contributed by atoms with van der Waals surface area (Å²) in [5.41, 5.74) is 0. The Hall–Kier alpha value is -1.73. The van der Waals surface area contributed by atoms with Crippen molar-refractivity contribution in [1.82, 2.24) is 0 Å². The van der Waals surface area contributed by atoms with Gasteiger partial charge in [0.25, 0.3) is 0 Å². The fourth-order valence-corrected chi connectivity index (χ4v) is 4.14. The monoisotopic (exact) mass is 283 g/mol. The first-order valence-corrected chi connectivity index (χ1v) is 8.04. The molecule has 0 fully saturated rings. The third-order valence-corrected chi connectivity index (χ3v) is 5.01. The second kappa shape index (κ2) is 9.22. The van der Waals surface area contributed by atoms with Crippen molar-refractivity contribution in [3.05, 3.63) is 89.3 Å². The normalized spacial score (nSPS) is 14.9. The maximum atomic E-state index is 3.85. The van der Waals surface area contributed by atoms with Crippen LogP contribution >= 0.6 is 0 Å². The van der Waals surface area contributed by atoms with Gasteiger partial charge in [0, 0.05) is 0 Å². The summed E-state index contributed by atoms with van der Waals surface area (Å²) in [7, 11) is -0.0857. The second-order valence-electron chi connectivity index (χ2n) is 4.12. The zero-order valence-electron chi connectivity index (χ0n) is 12.5. The van der Waals surface area contributed by atoms with Gasteiger partial charge in [0.2, 0.25) is 0 Å². The Morgan fingerprint density at radius 1 is 0.950 bits per heavy atom. The number of benzene rings is 1. The molecule has 0 bridgehead atoms. The van der Waals surface area contributed by atoms with Crippen LogP contribution in [0.15, 0.2) is 94.1 Å². The minimum atomic E-state index is -0.0857. The Bertz CT molecular complexity index is 530. The zero-order valence-corrected chi connectivity index (χ0v) is 13.4. The topological polar surface area (TPSA) is 0 Å². The first kappa shape index (κ1) is 16.3. The van der Waals surface area contributed by atoms with Crippen molar-refractivity contribution in [2.24, 2.45) is 0 Å². The molecule has 0 spiro atoms. The fraction of sp³-hybridized carbons (Fsp3) is 0.158. The van der Waals surface area contributed by atoms with Crippen molar-refractivity contribution < 1.29 is 0 Å². The van der Waals surface area contributed by atoms with Crippen molar-refractivity contribution in [3.63, 3.8) is 0 Å². The van der Waals surface area contributed by atoms with Gasteiger partial charge in [-0.15, -0.1) is 0 Å².